The van der Waals surface area contributed by atoms with E-state index in [1.165, 1.54) is 23.1 Å². The van der Waals surface area contributed by atoms with E-state index in [2.05, 4.69) is 31.3 Å². The van der Waals surface area contributed by atoms with E-state index >= 15 is 0 Å². The second-order valence-corrected chi connectivity index (χ2v) is 7.86. The number of benzene rings is 1. The number of hydrogen-bond donors (Lipinski definition) is 1. The van der Waals surface area contributed by atoms with Gasteiger partial charge >= 0.3 is 0 Å². The fourth-order valence-corrected chi connectivity index (χ4v) is 3.92. The topological polar surface area (TPSA) is 71.3 Å². The lowest BCUT2D eigenvalue weighted by Crippen LogP contribution is -2.61. The summed E-state index contributed by atoms with van der Waals surface area (Å²) < 4.78 is 33.7. The molecule has 1 aromatic carbocycles. The largest absolute Gasteiger partial charge is 0.379 e. The zero-order valence-electron chi connectivity index (χ0n) is 17.1. The lowest BCUT2D eigenvalue weighted by Gasteiger charge is -2.47. The molecule has 2 saturated heterocycles. The SMILES string of the molecule is Cc1cc(Nc2ncn(-c3cc(F)cc(F)c3)n2)nc(N2CC(N3CCOCC3)C2)c1.[HH]. The molecule has 2 aliphatic rings. The highest BCUT2D eigenvalue weighted by atomic mass is 19.1. The molecule has 8 nitrogen and oxygen atoms in total. The molecule has 0 saturated carbocycles. The monoisotopic (exact) mass is 429 g/mol. The number of hydrogen-bond acceptors (Lipinski definition) is 7. The Morgan fingerprint density at radius 2 is 1.81 bits per heavy atom. The van der Waals surface area contributed by atoms with Crippen LogP contribution < -0.4 is 10.2 Å². The van der Waals surface area contributed by atoms with E-state index in [-0.39, 0.29) is 7.11 Å². The quantitative estimate of drug-likeness (QED) is 0.669. The summed E-state index contributed by atoms with van der Waals surface area (Å²) in [4.78, 5) is 13.6. The van der Waals surface area contributed by atoms with Crippen molar-refractivity contribution in [2.75, 3.05) is 49.6 Å². The summed E-state index contributed by atoms with van der Waals surface area (Å²) in [5.74, 6) is 0.472. The summed E-state index contributed by atoms with van der Waals surface area (Å²) in [6.45, 7) is 7.45. The zero-order valence-corrected chi connectivity index (χ0v) is 17.1. The third-order valence-electron chi connectivity index (χ3n) is 5.55. The minimum atomic E-state index is -0.671. The molecule has 5 rings (SSSR count). The molecule has 3 aromatic rings. The van der Waals surface area contributed by atoms with Crippen molar-refractivity contribution in [2.24, 2.45) is 0 Å². The normalized spacial score (nSPS) is 17.6. The van der Waals surface area contributed by atoms with Crippen LogP contribution in [0.2, 0.25) is 0 Å². The van der Waals surface area contributed by atoms with Gasteiger partial charge in [0.2, 0.25) is 5.95 Å². The summed E-state index contributed by atoms with van der Waals surface area (Å²) in [6.07, 6.45) is 1.40. The van der Waals surface area contributed by atoms with E-state index in [0.29, 0.717) is 17.8 Å². The first-order valence-electron chi connectivity index (χ1n) is 10.2. The van der Waals surface area contributed by atoms with Gasteiger partial charge in [0, 0.05) is 39.7 Å². The van der Waals surface area contributed by atoms with E-state index in [9.17, 15) is 8.78 Å². The molecule has 0 aliphatic carbocycles. The maximum absolute atomic E-state index is 13.5. The fourth-order valence-electron chi connectivity index (χ4n) is 3.92. The Morgan fingerprint density at radius 1 is 1.06 bits per heavy atom. The molecule has 2 fully saturated rings. The number of nitrogens with one attached hydrogen (secondary N) is 1. The van der Waals surface area contributed by atoms with Crippen LogP contribution in [0.15, 0.2) is 36.7 Å². The molecule has 10 heteroatoms. The Morgan fingerprint density at radius 3 is 2.55 bits per heavy atom. The van der Waals surface area contributed by atoms with Crippen molar-refractivity contribution in [3.63, 3.8) is 0 Å². The van der Waals surface area contributed by atoms with Gasteiger partial charge in [0.15, 0.2) is 0 Å². The molecule has 4 heterocycles. The van der Waals surface area contributed by atoms with Crippen molar-refractivity contribution >= 4 is 17.6 Å². The standard InChI is InChI=1S/C21H23F2N7O.H2/c1-14-6-19(25-20(7-14)29-11-18(12-29)28-2-4-31-5-3-28)26-21-24-13-30(27-21)17-9-15(22)8-16(23)10-17;/h6-10,13,18H,2-5,11-12H2,1H3,(H,25,26,27);1H. The Labute approximate surface area is 179 Å². The number of halogens is 2. The van der Waals surface area contributed by atoms with Crippen molar-refractivity contribution in [1.29, 1.82) is 0 Å². The van der Waals surface area contributed by atoms with Gasteiger partial charge in [-0.1, -0.05) is 0 Å². The molecule has 31 heavy (non-hydrogen) atoms. The summed E-state index contributed by atoms with van der Waals surface area (Å²) in [5.41, 5.74) is 1.32. The number of rotatable bonds is 5. The van der Waals surface area contributed by atoms with Crippen LogP contribution in [0.1, 0.15) is 6.99 Å². The van der Waals surface area contributed by atoms with Crippen molar-refractivity contribution in [2.45, 2.75) is 13.0 Å². The molecule has 0 amide bonds. The van der Waals surface area contributed by atoms with Crippen LogP contribution in [0, 0.1) is 18.6 Å². The Hall–Kier alpha value is -3.11. The van der Waals surface area contributed by atoms with Crippen LogP contribution in [-0.4, -0.2) is 70.1 Å². The Balaban J connectivity index is 0.00000245. The molecule has 0 bridgehead atoms. The molecule has 0 atom stereocenters. The highest BCUT2D eigenvalue weighted by Gasteiger charge is 2.33. The van der Waals surface area contributed by atoms with E-state index in [1.807, 2.05) is 13.0 Å². The Kier molecular flexibility index (Phi) is 5.24. The highest BCUT2D eigenvalue weighted by Crippen LogP contribution is 2.26. The van der Waals surface area contributed by atoms with E-state index < -0.39 is 11.6 Å². The molecule has 1 N–H and O–H groups in total. The number of ether oxygens (including phenoxy) is 1. The van der Waals surface area contributed by atoms with E-state index in [1.54, 1.807) is 0 Å². The Bertz CT molecular complexity index is 1060. The van der Waals surface area contributed by atoms with Gasteiger partial charge in [-0.3, -0.25) is 4.90 Å². The smallest absolute Gasteiger partial charge is 0.248 e. The predicted molar refractivity (Wildman–Crippen MR) is 114 cm³/mol. The molecule has 2 aliphatic heterocycles. The summed E-state index contributed by atoms with van der Waals surface area (Å²) >= 11 is 0. The highest BCUT2D eigenvalue weighted by molar-refractivity contribution is 5.56. The molecular weight excluding hydrogens is 404 g/mol. The maximum Gasteiger partial charge on any atom is 0.248 e. The molecule has 0 spiro atoms. The van der Waals surface area contributed by atoms with Crippen molar-refractivity contribution < 1.29 is 14.9 Å². The molecule has 0 unspecified atom stereocenters. The number of aromatic nitrogens is 4. The number of nitrogens with zero attached hydrogens (tertiary/aromatic N) is 6. The number of morpholine rings is 1. The average Bonchev–Trinajstić information content (AvgIpc) is 3.15. The second-order valence-electron chi connectivity index (χ2n) is 7.86. The number of aryl methyl sites for hydroxylation is 1. The average molecular weight is 429 g/mol. The van der Waals surface area contributed by atoms with Gasteiger partial charge in [0.05, 0.1) is 18.9 Å². The van der Waals surface area contributed by atoms with E-state index in [4.69, 9.17) is 9.72 Å². The zero-order chi connectivity index (χ0) is 21.4. The predicted octanol–water partition coefficient (Wildman–Crippen LogP) is 2.76. The van der Waals surface area contributed by atoms with E-state index in [0.717, 1.165) is 56.8 Å². The van der Waals surface area contributed by atoms with Gasteiger partial charge < -0.3 is 15.0 Å². The van der Waals surface area contributed by atoms with Crippen molar-refractivity contribution in [3.05, 3.63) is 53.9 Å². The summed E-state index contributed by atoms with van der Waals surface area (Å²) in [7, 11) is 0. The van der Waals surface area contributed by atoms with Gasteiger partial charge in [-0.25, -0.2) is 18.4 Å². The summed E-state index contributed by atoms with van der Waals surface area (Å²) in [6, 6.07) is 7.70. The molecular formula is C21H25F2N7O. The van der Waals surface area contributed by atoms with Gasteiger partial charge in [-0.15, -0.1) is 5.10 Å². The van der Waals surface area contributed by atoms with Crippen LogP contribution in [0.25, 0.3) is 5.69 Å². The van der Waals surface area contributed by atoms with Gasteiger partial charge in [-0.05, 0) is 36.8 Å². The van der Waals surface area contributed by atoms with Crippen molar-refractivity contribution in [1.82, 2.24) is 24.6 Å². The van der Waals surface area contributed by atoms with Gasteiger partial charge in [0.1, 0.15) is 29.6 Å². The lowest BCUT2D eigenvalue weighted by molar-refractivity contribution is 0.0104. The van der Waals surface area contributed by atoms with Crippen LogP contribution >= 0.6 is 0 Å². The minimum absolute atomic E-state index is 0. The first kappa shape index (κ1) is 19.8. The fraction of sp³-hybridized carbons (Fsp3) is 0.381. The third-order valence-corrected chi connectivity index (χ3v) is 5.55. The van der Waals surface area contributed by atoms with Crippen LogP contribution in [0.3, 0.4) is 0 Å². The first-order chi connectivity index (χ1) is 15.0. The molecule has 2 aromatic heterocycles. The first-order valence-corrected chi connectivity index (χ1v) is 10.2. The van der Waals surface area contributed by atoms with Crippen LogP contribution in [-0.2, 0) is 4.74 Å². The molecule has 164 valence electrons. The van der Waals surface area contributed by atoms with Crippen molar-refractivity contribution in [3.8, 4) is 5.69 Å². The number of pyridine rings is 1. The van der Waals surface area contributed by atoms with Gasteiger partial charge in [-0.2, -0.15) is 4.98 Å². The van der Waals surface area contributed by atoms with Gasteiger partial charge in [0.25, 0.3) is 0 Å². The van der Waals surface area contributed by atoms with Crippen LogP contribution in [0.4, 0.5) is 26.4 Å². The molecule has 0 radical (unpaired) electrons. The maximum atomic E-state index is 13.5. The van der Waals surface area contributed by atoms with Crippen LogP contribution in [0.5, 0.6) is 0 Å². The minimum Gasteiger partial charge on any atom is -0.379 e. The number of anilines is 3. The second kappa shape index (κ2) is 8.20. The third kappa shape index (κ3) is 4.35. The summed E-state index contributed by atoms with van der Waals surface area (Å²) in [5, 5.41) is 7.35. The lowest BCUT2D eigenvalue weighted by atomic mass is 10.1.